The molecule has 2 N–H and O–H groups in total. The number of carbonyl (C=O) groups excluding carboxylic acids is 2. The smallest absolute Gasteiger partial charge is 0.264 e. The van der Waals surface area contributed by atoms with Crippen molar-refractivity contribution >= 4 is 31.5 Å². The minimum atomic E-state index is -2.84. The maximum Gasteiger partial charge on any atom is 0.264 e. The molecule has 2 amide bonds. The Morgan fingerprint density at radius 1 is 1.17 bits per heavy atom. The van der Waals surface area contributed by atoms with E-state index in [1.165, 1.54) is 11.1 Å². The number of rotatable bonds is 12. The number of piperidine rings is 1. The molecule has 1 aromatic heterocycles. The molecule has 1 aromatic carbocycles. The number of aliphatic hydroxyl groups is 1. The van der Waals surface area contributed by atoms with Crippen LogP contribution in [0.3, 0.4) is 0 Å². The number of hydrogen-bond acceptors (Lipinski definition) is 7. The van der Waals surface area contributed by atoms with Crippen LogP contribution in [0.2, 0.25) is 18.6 Å². The van der Waals surface area contributed by atoms with Gasteiger partial charge in [-0.3, -0.25) is 14.3 Å². The Morgan fingerprint density at radius 2 is 1.96 bits per heavy atom. The highest BCUT2D eigenvalue weighted by Crippen LogP contribution is 2.60. The lowest BCUT2D eigenvalue weighted by molar-refractivity contribution is -0.145. The minimum Gasteiger partial charge on any atom is -0.432 e. The molecule has 5 rings (SSSR count). The molecule has 4 heterocycles. The van der Waals surface area contributed by atoms with Crippen LogP contribution in [0.15, 0.2) is 47.7 Å². The number of carbonyl (C=O) groups is 2. The monoisotopic (exact) mass is 649 g/mol. The summed E-state index contributed by atoms with van der Waals surface area (Å²) < 4.78 is 8.77. The Hall–Kier alpha value is -3.12. The van der Waals surface area contributed by atoms with Gasteiger partial charge in [-0.05, 0) is 84.2 Å². The van der Waals surface area contributed by atoms with Crippen molar-refractivity contribution in [2.45, 2.75) is 110 Å². The van der Waals surface area contributed by atoms with Gasteiger partial charge in [0.2, 0.25) is 5.91 Å². The molecule has 0 saturated carbocycles. The van der Waals surface area contributed by atoms with Gasteiger partial charge in [0.1, 0.15) is 0 Å². The van der Waals surface area contributed by atoms with Gasteiger partial charge in [0, 0.05) is 68.0 Å². The van der Waals surface area contributed by atoms with E-state index in [1.54, 1.807) is 4.68 Å². The minimum absolute atomic E-state index is 0.00401. The number of aliphatic hydroxyl groups excluding tert-OH is 1. The summed E-state index contributed by atoms with van der Waals surface area (Å²) in [7, 11) is -2.84. The summed E-state index contributed by atoms with van der Waals surface area (Å²) in [6.07, 6.45) is 11.0. The first kappa shape index (κ1) is 34.2. The molecule has 2 saturated heterocycles. The summed E-state index contributed by atoms with van der Waals surface area (Å²) in [6, 6.07) is 5.94. The van der Waals surface area contributed by atoms with E-state index < -0.39 is 13.9 Å². The maximum atomic E-state index is 14.8. The van der Waals surface area contributed by atoms with Crippen LogP contribution in [-0.4, -0.2) is 70.8 Å². The molecule has 0 aliphatic carbocycles. The lowest BCUT2D eigenvalue weighted by atomic mass is 9.82. The van der Waals surface area contributed by atoms with E-state index in [9.17, 15) is 19.5 Å². The second-order valence-corrected chi connectivity index (χ2v) is 18.1. The highest BCUT2D eigenvalue weighted by atomic mass is 28.4. The number of fused-ring (bicyclic) bond motifs is 2. The molecule has 3 aliphatic heterocycles. The van der Waals surface area contributed by atoms with Gasteiger partial charge in [-0.2, -0.15) is 0 Å². The largest absolute Gasteiger partial charge is 0.432 e. The number of benzene rings is 1. The number of aromatic nitrogens is 3. The highest BCUT2D eigenvalue weighted by Gasteiger charge is 2.66. The van der Waals surface area contributed by atoms with Gasteiger partial charge in [-0.25, -0.2) is 0 Å². The summed E-state index contributed by atoms with van der Waals surface area (Å²) in [4.78, 5) is 43.1. The third-order valence-corrected chi connectivity index (χ3v) is 12.4. The van der Waals surface area contributed by atoms with Gasteiger partial charge in [-0.15, -0.1) is 5.10 Å². The van der Waals surface area contributed by atoms with Crippen molar-refractivity contribution in [3.63, 3.8) is 0 Å². The molecule has 0 unspecified atom stereocenters. The molecule has 0 radical (unpaired) electrons. The van der Waals surface area contributed by atoms with Crippen LogP contribution >= 0.6 is 0 Å². The first-order valence-corrected chi connectivity index (χ1v) is 19.8. The number of ether oxygens (including phenoxy) is 1. The molecule has 1 spiro atoms. The SMILES string of the molecule is CC(C)=CCC/C(C)=C/CN1C(=O)[C@@]2(O[C@@H](CCn3cc(CCO)nn3)[C@H]([Si](C)(C)O)[C@H]2C)c2cc(N3CCCCC3=O)ccc21. The van der Waals surface area contributed by atoms with E-state index in [0.29, 0.717) is 44.6 Å². The molecule has 3 aliphatic rings. The van der Waals surface area contributed by atoms with Crippen LogP contribution in [0.25, 0.3) is 0 Å². The van der Waals surface area contributed by atoms with Gasteiger partial charge < -0.3 is 24.4 Å². The topological polar surface area (TPSA) is 121 Å². The van der Waals surface area contributed by atoms with Crippen LogP contribution < -0.4 is 9.80 Å². The normalized spacial score (nSPS) is 25.1. The van der Waals surface area contributed by atoms with Crippen molar-refractivity contribution in [1.29, 1.82) is 0 Å². The van der Waals surface area contributed by atoms with E-state index >= 15 is 0 Å². The first-order valence-electron chi connectivity index (χ1n) is 16.8. The number of allylic oxidation sites excluding steroid dienone is 3. The predicted octanol–water partition coefficient (Wildman–Crippen LogP) is 5.26. The van der Waals surface area contributed by atoms with Gasteiger partial charge in [0.25, 0.3) is 5.91 Å². The average molecular weight is 650 g/mol. The molecule has 46 heavy (non-hydrogen) atoms. The number of amides is 2. The fraction of sp³-hybridized carbons (Fsp3) is 0.600. The quantitative estimate of drug-likeness (QED) is 0.238. The van der Waals surface area contributed by atoms with Crippen LogP contribution in [0.4, 0.5) is 11.4 Å². The standard InChI is InChI=1S/C35H51N5O5Si/c1-24(2)10-9-11-25(3)15-20-40-30-14-13-28(39-18-8-7-12-32(39)42)22-29(30)35(34(40)43)26(4)33(46(5,6)44)31(45-35)16-19-38-23-27(17-21-41)36-37-38/h10,13-15,22-23,26,31,33,41,44H,7-9,11-12,16-21H2,1-6H3/b25-15+/t26-,31+,33-,35+/m1/s1. The van der Waals surface area contributed by atoms with Crippen molar-refractivity contribution in [3.05, 3.63) is 59.0 Å². The van der Waals surface area contributed by atoms with E-state index in [-0.39, 0.29) is 36.0 Å². The lowest BCUT2D eigenvalue weighted by Crippen LogP contribution is -2.46. The zero-order chi connectivity index (χ0) is 33.2. The van der Waals surface area contributed by atoms with Crippen molar-refractivity contribution in [1.82, 2.24) is 15.0 Å². The molecule has 250 valence electrons. The summed E-state index contributed by atoms with van der Waals surface area (Å²) in [6.45, 7) is 13.8. The van der Waals surface area contributed by atoms with Crippen LogP contribution in [0, 0.1) is 5.92 Å². The summed E-state index contributed by atoms with van der Waals surface area (Å²) in [5, 5.41) is 17.7. The number of nitrogens with zero attached hydrogens (tertiary/aromatic N) is 5. The molecule has 10 nitrogen and oxygen atoms in total. The highest BCUT2D eigenvalue weighted by molar-refractivity contribution is 6.71. The molecule has 2 fully saturated rings. The third-order valence-electron chi connectivity index (χ3n) is 9.91. The van der Waals surface area contributed by atoms with Crippen LogP contribution in [0.5, 0.6) is 0 Å². The van der Waals surface area contributed by atoms with E-state index in [0.717, 1.165) is 42.6 Å². The molecule has 0 bridgehead atoms. The van der Waals surface area contributed by atoms with Crippen LogP contribution in [0.1, 0.15) is 77.5 Å². The summed E-state index contributed by atoms with van der Waals surface area (Å²) in [5.74, 6) is -0.303. The third kappa shape index (κ3) is 6.79. The van der Waals surface area contributed by atoms with Crippen molar-refractivity contribution < 1.29 is 24.2 Å². The van der Waals surface area contributed by atoms with E-state index in [1.807, 2.05) is 47.3 Å². The first-order chi connectivity index (χ1) is 21.9. The zero-order valence-electron chi connectivity index (χ0n) is 28.3. The fourth-order valence-corrected chi connectivity index (χ4v) is 10.2. The second-order valence-electron chi connectivity index (χ2n) is 14.1. The molecular formula is C35H51N5O5Si. The van der Waals surface area contributed by atoms with Crippen LogP contribution in [-0.2, 0) is 32.9 Å². The van der Waals surface area contributed by atoms with Gasteiger partial charge >= 0.3 is 0 Å². The zero-order valence-corrected chi connectivity index (χ0v) is 29.3. The molecule has 11 heteroatoms. The van der Waals surface area contributed by atoms with Gasteiger partial charge in [0.05, 0.1) is 17.5 Å². The number of aryl methyl sites for hydroxylation is 1. The Balaban J connectivity index is 1.52. The maximum absolute atomic E-state index is 14.8. The van der Waals surface area contributed by atoms with Crippen molar-refractivity contribution in [2.24, 2.45) is 5.92 Å². The summed E-state index contributed by atoms with van der Waals surface area (Å²) >= 11 is 0. The van der Waals surface area contributed by atoms with Crippen molar-refractivity contribution in [3.8, 4) is 0 Å². The predicted molar refractivity (Wildman–Crippen MR) is 182 cm³/mol. The fourth-order valence-electron chi connectivity index (χ4n) is 7.64. The Bertz CT molecular complexity index is 1490. The number of hydrogen-bond donors (Lipinski definition) is 2. The van der Waals surface area contributed by atoms with Crippen molar-refractivity contribution in [2.75, 3.05) is 29.5 Å². The molecule has 4 atom stereocenters. The molecular weight excluding hydrogens is 599 g/mol. The van der Waals surface area contributed by atoms with Gasteiger partial charge in [0.15, 0.2) is 13.9 Å². The average Bonchev–Trinajstić information content (AvgIpc) is 3.64. The Labute approximate surface area is 274 Å². The lowest BCUT2D eigenvalue weighted by Gasteiger charge is -2.33. The second kappa shape index (κ2) is 13.9. The van der Waals surface area contributed by atoms with E-state index in [4.69, 9.17) is 4.74 Å². The van der Waals surface area contributed by atoms with Gasteiger partial charge in [-0.1, -0.05) is 35.4 Å². The summed E-state index contributed by atoms with van der Waals surface area (Å²) in [5.41, 5.74) is 4.12. The Morgan fingerprint density at radius 3 is 2.65 bits per heavy atom. The number of anilines is 2. The van der Waals surface area contributed by atoms with E-state index in [2.05, 4.69) is 50.2 Å². The molecule has 2 aromatic rings. The Kier molecular flexibility index (Phi) is 10.4.